The van der Waals surface area contributed by atoms with Gasteiger partial charge in [0.2, 0.25) is 0 Å². The van der Waals surface area contributed by atoms with Gasteiger partial charge in [-0.05, 0) is 39.0 Å². The van der Waals surface area contributed by atoms with Gasteiger partial charge in [-0.25, -0.2) is 9.07 Å². The predicted molar refractivity (Wildman–Crippen MR) is 77.3 cm³/mol. The molecule has 1 heterocycles. The van der Waals surface area contributed by atoms with Crippen LogP contribution in [0, 0.1) is 5.82 Å². The molecule has 2 rings (SSSR count). The van der Waals surface area contributed by atoms with Gasteiger partial charge in [0.15, 0.2) is 0 Å². The molecule has 0 aliphatic heterocycles. The summed E-state index contributed by atoms with van der Waals surface area (Å²) in [5, 5.41) is 11.2. The minimum absolute atomic E-state index is 0.139. The number of hydrogen-bond acceptors (Lipinski definition) is 4. The maximum Gasteiger partial charge on any atom is 0.251 e. The first-order valence-electron chi connectivity index (χ1n) is 6.52. The highest BCUT2D eigenvalue weighted by Gasteiger charge is 2.15. The van der Waals surface area contributed by atoms with Crippen molar-refractivity contribution in [2.24, 2.45) is 5.73 Å². The van der Waals surface area contributed by atoms with Crippen LogP contribution < -0.4 is 11.1 Å². The van der Waals surface area contributed by atoms with E-state index >= 15 is 0 Å². The van der Waals surface area contributed by atoms with Gasteiger partial charge in [-0.3, -0.25) is 4.79 Å². The summed E-state index contributed by atoms with van der Waals surface area (Å²) in [6.07, 6.45) is 1.84. The minimum Gasteiger partial charge on any atom is -0.379 e. The first-order valence-corrected chi connectivity index (χ1v) is 6.52. The number of carbonyl (C=O) groups is 1. The van der Waals surface area contributed by atoms with E-state index in [1.807, 2.05) is 27.0 Å². The second-order valence-corrected chi connectivity index (χ2v) is 5.74. The topological polar surface area (TPSA) is 85.8 Å². The third-order valence-corrected chi connectivity index (χ3v) is 2.93. The van der Waals surface area contributed by atoms with Crippen LogP contribution in [0.4, 0.5) is 10.1 Å². The molecule has 112 valence electrons. The Labute approximate surface area is 122 Å². The van der Waals surface area contributed by atoms with Crippen LogP contribution >= 0.6 is 0 Å². The van der Waals surface area contributed by atoms with E-state index in [0.717, 1.165) is 5.69 Å². The normalized spacial score (nSPS) is 11.4. The van der Waals surface area contributed by atoms with Crippen LogP contribution in [0.5, 0.6) is 0 Å². The second-order valence-electron chi connectivity index (χ2n) is 5.74. The quantitative estimate of drug-likeness (QED) is 0.900. The Hall–Kier alpha value is -2.44. The van der Waals surface area contributed by atoms with E-state index in [9.17, 15) is 9.18 Å². The molecule has 1 aromatic carbocycles. The highest BCUT2D eigenvalue weighted by atomic mass is 19.1. The molecule has 0 spiro atoms. The maximum atomic E-state index is 13.4. The largest absolute Gasteiger partial charge is 0.379 e. The van der Waals surface area contributed by atoms with Crippen LogP contribution in [0.25, 0.3) is 0 Å². The number of nitrogens with zero attached hydrogens (tertiary/aromatic N) is 3. The van der Waals surface area contributed by atoms with Gasteiger partial charge in [0.25, 0.3) is 5.91 Å². The van der Waals surface area contributed by atoms with E-state index in [4.69, 9.17) is 5.73 Å². The van der Waals surface area contributed by atoms with Crippen molar-refractivity contribution >= 4 is 11.6 Å². The van der Waals surface area contributed by atoms with E-state index in [1.165, 1.54) is 18.2 Å². The Kier molecular flexibility index (Phi) is 3.93. The number of anilines is 1. The van der Waals surface area contributed by atoms with Crippen LogP contribution in [-0.4, -0.2) is 20.9 Å². The first kappa shape index (κ1) is 15.0. The number of nitrogens with two attached hydrogens (primary N) is 1. The highest BCUT2D eigenvalue weighted by molar-refractivity contribution is 5.94. The van der Waals surface area contributed by atoms with Crippen LogP contribution in [0.2, 0.25) is 0 Å². The lowest BCUT2D eigenvalue weighted by Gasteiger charge is -2.17. The zero-order valence-electron chi connectivity index (χ0n) is 12.2. The summed E-state index contributed by atoms with van der Waals surface area (Å²) < 4.78 is 15.1. The molecule has 6 nitrogen and oxygen atoms in total. The standard InChI is InChI=1S/C14H18FN5O/c1-14(2,3)20-8-10(18-19-20)7-17-9-4-5-12(15)11(6-9)13(16)21/h4-6,8,17H,7H2,1-3H3,(H2,16,21). The molecular formula is C14H18FN5O. The Morgan fingerprint density at radius 1 is 1.43 bits per heavy atom. The molecule has 0 unspecified atom stereocenters. The number of amides is 1. The molecule has 0 radical (unpaired) electrons. The molecule has 0 bridgehead atoms. The monoisotopic (exact) mass is 291 g/mol. The molecule has 0 aliphatic carbocycles. The molecule has 0 aliphatic rings. The molecular weight excluding hydrogens is 273 g/mol. The van der Waals surface area contributed by atoms with Gasteiger partial charge in [-0.1, -0.05) is 5.21 Å². The summed E-state index contributed by atoms with van der Waals surface area (Å²) >= 11 is 0. The number of nitrogens with one attached hydrogen (secondary N) is 1. The summed E-state index contributed by atoms with van der Waals surface area (Å²) in [5.41, 5.74) is 6.17. The number of halogens is 1. The lowest BCUT2D eigenvalue weighted by molar-refractivity contribution is 0.0996. The van der Waals surface area contributed by atoms with Crippen molar-refractivity contribution in [3.8, 4) is 0 Å². The van der Waals surface area contributed by atoms with Crippen molar-refractivity contribution in [1.29, 1.82) is 0 Å². The summed E-state index contributed by atoms with van der Waals surface area (Å²) in [7, 11) is 0. The first-order chi connectivity index (χ1) is 9.77. The van der Waals surface area contributed by atoms with E-state index in [0.29, 0.717) is 12.2 Å². The number of carbonyl (C=O) groups excluding carboxylic acids is 1. The van der Waals surface area contributed by atoms with Crippen LogP contribution in [0.1, 0.15) is 36.8 Å². The molecule has 1 amide bonds. The van der Waals surface area contributed by atoms with Gasteiger partial charge in [0, 0.05) is 5.69 Å². The minimum atomic E-state index is -0.796. The third-order valence-electron chi connectivity index (χ3n) is 2.93. The molecule has 1 aromatic heterocycles. The Bertz CT molecular complexity index is 660. The van der Waals surface area contributed by atoms with E-state index < -0.39 is 11.7 Å². The average molecular weight is 291 g/mol. The summed E-state index contributed by atoms with van der Waals surface area (Å²) in [6, 6.07) is 4.12. The van der Waals surface area contributed by atoms with Gasteiger partial charge in [-0.15, -0.1) is 5.10 Å². The van der Waals surface area contributed by atoms with Crippen molar-refractivity contribution in [3.63, 3.8) is 0 Å². The van der Waals surface area contributed by atoms with Crippen LogP contribution in [0.15, 0.2) is 24.4 Å². The number of rotatable bonds is 4. The zero-order valence-corrected chi connectivity index (χ0v) is 12.2. The Morgan fingerprint density at radius 3 is 2.71 bits per heavy atom. The maximum absolute atomic E-state index is 13.4. The highest BCUT2D eigenvalue weighted by Crippen LogP contribution is 2.16. The number of primary amides is 1. The molecule has 0 saturated carbocycles. The second kappa shape index (κ2) is 5.51. The van der Waals surface area contributed by atoms with Crippen LogP contribution in [-0.2, 0) is 12.1 Å². The SMILES string of the molecule is CC(C)(C)n1cc(CNc2ccc(F)c(C(N)=O)c2)nn1. The molecule has 3 N–H and O–H groups in total. The molecule has 7 heteroatoms. The number of benzene rings is 1. The molecule has 21 heavy (non-hydrogen) atoms. The van der Waals surface area contributed by atoms with Crippen molar-refractivity contribution in [2.45, 2.75) is 32.9 Å². The smallest absolute Gasteiger partial charge is 0.251 e. The van der Waals surface area contributed by atoms with Crippen molar-refractivity contribution < 1.29 is 9.18 Å². The van der Waals surface area contributed by atoms with Crippen molar-refractivity contribution in [2.75, 3.05) is 5.32 Å². The Balaban J connectivity index is 2.08. The fourth-order valence-electron chi connectivity index (χ4n) is 1.72. The van der Waals surface area contributed by atoms with E-state index in [1.54, 1.807) is 4.68 Å². The fourth-order valence-corrected chi connectivity index (χ4v) is 1.72. The molecule has 0 atom stereocenters. The van der Waals surface area contributed by atoms with Crippen molar-refractivity contribution in [1.82, 2.24) is 15.0 Å². The van der Waals surface area contributed by atoms with Crippen LogP contribution in [0.3, 0.4) is 0 Å². The van der Waals surface area contributed by atoms with Gasteiger partial charge in [0.1, 0.15) is 11.5 Å². The Morgan fingerprint density at radius 2 is 2.14 bits per heavy atom. The van der Waals surface area contributed by atoms with E-state index in [-0.39, 0.29) is 11.1 Å². The predicted octanol–water partition coefficient (Wildman–Crippen LogP) is 1.88. The number of hydrogen-bond donors (Lipinski definition) is 2. The van der Waals surface area contributed by atoms with Gasteiger partial charge >= 0.3 is 0 Å². The third kappa shape index (κ3) is 3.56. The van der Waals surface area contributed by atoms with Crippen molar-refractivity contribution in [3.05, 3.63) is 41.5 Å². The summed E-state index contributed by atoms with van der Waals surface area (Å²) in [4.78, 5) is 11.1. The van der Waals surface area contributed by atoms with Gasteiger partial charge in [-0.2, -0.15) is 0 Å². The van der Waals surface area contributed by atoms with E-state index in [2.05, 4.69) is 15.6 Å². The summed E-state index contributed by atoms with van der Waals surface area (Å²) in [5.74, 6) is -1.43. The number of aromatic nitrogens is 3. The lowest BCUT2D eigenvalue weighted by Crippen LogP contribution is -2.22. The van der Waals surface area contributed by atoms with Gasteiger partial charge in [0.05, 0.1) is 23.8 Å². The average Bonchev–Trinajstić information content (AvgIpc) is 2.86. The molecule has 0 saturated heterocycles. The molecule has 2 aromatic rings. The fraction of sp³-hybridized carbons (Fsp3) is 0.357. The lowest BCUT2D eigenvalue weighted by atomic mass is 10.1. The summed E-state index contributed by atoms with van der Waals surface area (Å²) in [6.45, 7) is 6.49. The van der Waals surface area contributed by atoms with Gasteiger partial charge < -0.3 is 11.1 Å². The zero-order chi connectivity index (χ0) is 15.6. The molecule has 0 fully saturated rings.